The molecule has 1 aromatic carbocycles. The van der Waals surface area contributed by atoms with Crippen LogP contribution in [0, 0.1) is 0 Å². The SMILES string of the molecule is CCC(O)CNC(=O)CC(=O)Cc1ccccc1. The van der Waals surface area contributed by atoms with Crippen LogP contribution in [-0.2, 0) is 16.0 Å². The van der Waals surface area contributed by atoms with Gasteiger partial charge in [-0.25, -0.2) is 0 Å². The van der Waals surface area contributed by atoms with Gasteiger partial charge in [0, 0.05) is 13.0 Å². The van der Waals surface area contributed by atoms with Crippen molar-refractivity contribution in [2.75, 3.05) is 6.54 Å². The van der Waals surface area contributed by atoms with Crippen molar-refractivity contribution in [3.8, 4) is 0 Å². The number of carbonyl (C=O) groups excluding carboxylic acids is 2. The maximum Gasteiger partial charge on any atom is 0.227 e. The first kappa shape index (κ1) is 14.4. The fourth-order valence-electron chi connectivity index (χ4n) is 1.50. The molecule has 98 valence electrons. The zero-order valence-corrected chi connectivity index (χ0v) is 10.6. The molecule has 1 amide bonds. The third-order valence-electron chi connectivity index (χ3n) is 2.61. The lowest BCUT2D eigenvalue weighted by molar-refractivity contribution is -0.128. The van der Waals surface area contributed by atoms with Gasteiger partial charge in [-0.1, -0.05) is 37.3 Å². The van der Waals surface area contributed by atoms with Crippen LogP contribution in [0.15, 0.2) is 30.3 Å². The number of aliphatic hydroxyl groups is 1. The van der Waals surface area contributed by atoms with Crippen molar-refractivity contribution < 1.29 is 14.7 Å². The molecular weight excluding hydrogens is 230 g/mol. The Bertz CT molecular complexity index is 389. The van der Waals surface area contributed by atoms with Crippen LogP contribution >= 0.6 is 0 Å². The summed E-state index contributed by atoms with van der Waals surface area (Å²) in [5, 5.41) is 11.8. The predicted octanol–water partition coefficient (Wildman–Crippen LogP) is 1.08. The average Bonchev–Trinajstić information content (AvgIpc) is 2.37. The highest BCUT2D eigenvalue weighted by Crippen LogP contribution is 2.01. The molecule has 0 spiro atoms. The van der Waals surface area contributed by atoms with E-state index < -0.39 is 6.10 Å². The van der Waals surface area contributed by atoms with Crippen molar-refractivity contribution in [3.63, 3.8) is 0 Å². The monoisotopic (exact) mass is 249 g/mol. The molecule has 0 bridgehead atoms. The standard InChI is InChI=1S/C14H19NO3/c1-2-12(16)10-15-14(18)9-13(17)8-11-6-4-3-5-7-11/h3-7,12,16H,2,8-10H2,1H3,(H,15,18). The van der Waals surface area contributed by atoms with E-state index in [-0.39, 0.29) is 31.1 Å². The third-order valence-corrected chi connectivity index (χ3v) is 2.61. The molecule has 2 N–H and O–H groups in total. The van der Waals surface area contributed by atoms with Crippen LogP contribution in [0.2, 0.25) is 0 Å². The van der Waals surface area contributed by atoms with E-state index in [1.54, 1.807) is 0 Å². The second-order valence-electron chi connectivity index (χ2n) is 4.24. The van der Waals surface area contributed by atoms with Crippen LogP contribution < -0.4 is 5.32 Å². The highest BCUT2D eigenvalue weighted by molar-refractivity contribution is 5.98. The van der Waals surface area contributed by atoms with Crippen LogP contribution in [0.5, 0.6) is 0 Å². The summed E-state index contributed by atoms with van der Waals surface area (Å²) in [6.45, 7) is 2.03. The van der Waals surface area contributed by atoms with Gasteiger partial charge in [0.2, 0.25) is 5.91 Å². The number of rotatable bonds is 7. The van der Waals surface area contributed by atoms with E-state index in [1.165, 1.54) is 0 Å². The Kier molecular flexibility index (Phi) is 6.08. The number of amides is 1. The molecule has 0 radical (unpaired) electrons. The molecule has 1 unspecified atom stereocenters. The normalized spacial score (nSPS) is 11.9. The number of benzene rings is 1. The van der Waals surface area contributed by atoms with Crippen LogP contribution in [0.25, 0.3) is 0 Å². The summed E-state index contributed by atoms with van der Waals surface area (Å²) in [4.78, 5) is 23.0. The highest BCUT2D eigenvalue weighted by Gasteiger charge is 2.11. The average molecular weight is 249 g/mol. The summed E-state index contributed by atoms with van der Waals surface area (Å²) in [5.74, 6) is -0.451. The number of carbonyl (C=O) groups is 2. The Morgan fingerprint density at radius 3 is 2.56 bits per heavy atom. The van der Waals surface area contributed by atoms with Gasteiger partial charge < -0.3 is 10.4 Å². The molecule has 0 aromatic heterocycles. The van der Waals surface area contributed by atoms with Crippen molar-refractivity contribution in [3.05, 3.63) is 35.9 Å². The zero-order chi connectivity index (χ0) is 13.4. The molecule has 18 heavy (non-hydrogen) atoms. The van der Waals surface area contributed by atoms with Gasteiger partial charge in [0.15, 0.2) is 0 Å². The molecule has 1 rings (SSSR count). The molecule has 0 aliphatic rings. The van der Waals surface area contributed by atoms with E-state index in [1.807, 2.05) is 37.3 Å². The van der Waals surface area contributed by atoms with E-state index in [4.69, 9.17) is 0 Å². The highest BCUT2D eigenvalue weighted by atomic mass is 16.3. The second-order valence-corrected chi connectivity index (χ2v) is 4.24. The Balaban J connectivity index is 2.30. The predicted molar refractivity (Wildman–Crippen MR) is 69.1 cm³/mol. The summed E-state index contributed by atoms with van der Waals surface area (Å²) in [6.07, 6.45) is 0.173. The van der Waals surface area contributed by atoms with Crippen molar-refractivity contribution in [1.29, 1.82) is 0 Å². The summed E-state index contributed by atoms with van der Waals surface area (Å²) in [7, 11) is 0. The van der Waals surface area contributed by atoms with Crippen molar-refractivity contribution in [2.24, 2.45) is 0 Å². The van der Waals surface area contributed by atoms with E-state index >= 15 is 0 Å². The fraction of sp³-hybridized carbons (Fsp3) is 0.429. The number of nitrogens with one attached hydrogen (secondary N) is 1. The van der Waals surface area contributed by atoms with E-state index in [0.29, 0.717) is 6.42 Å². The van der Waals surface area contributed by atoms with Gasteiger partial charge in [0.1, 0.15) is 5.78 Å². The molecule has 0 saturated heterocycles. The molecule has 0 fully saturated rings. The number of Topliss-reactive ketones (excluding diaryl/α,β-unsaturated/α-hetero) is 1. The Morgan fingerprint density at radius 2 is 1.94 bits per heavy atom. The van der Waals surface area contributed by atoms with Gasteiger partial charge in [-0.2, -0.15) is 0 Å². The first-order valence-corrected chi connectivity index (χ1v) is 6.12. The van der Waals surface area contributed by atoms with Gasteiger partial charge in [0.25, 0.3) is 0 Å². The molecule has 0 aliphatic carbocycles. The zero-order valence-electron chi connectivity index (χ0n) is 10.6. The van der Waals surface area contributed by atoms with E-state index in [9.17, 15) is 14.7 Å². The lowest BCUT2D eigenvalue weighted by Crippen LogP contribution is -2.33. The quantitative estimate of drug-likeness (QED) is 0.710. The second kappa shape index (κ2) is 7.61. The van der Waals surface area contributed by atoms with Gasteiger partial charge in [-0.15, -0.1) is 0 Å². The lowest BCUT2D eigenvalue weighted by Gasteiger charge is -2.09. The van der Waals surface area contributed by atoms with E-state index in [2.05, 4.69) is 5.32 Å². The summed E-state index contributed by atoms with van der Waals surface area (Å²) in [5.41, 5.74) is 0.906. The van der Waals surface area contributed by atoms with Gasteiger partial charge >= 0.3 is 0 Å². The van der Waals surface area contributed by atoms with E-state index in [0.717, 1.165) is 5.56 Å². The molecule has 0 heterocycles. The minimum Gasteiger partial charge on any atom is -0.391 e. The minimum absolute atomic E-state index is 0.121. The van der Waals surface area contributed by atoms with Crippen molar-refractivity contribution in [2.45, 2.75) is 32.3 Å². The fourth-order valence-corrected chi connectivity index (χ4v) is 1.50. The van der Waals surface area contributed by atoms with Crippen LogP contribution in [0.4, 0.5) is 0 Å². The topological polar surface area (TPSA) is 66.4 Å². The first-order valence-electron chi connectivity index (χ1n) is 6.12. The summed E-state index contributed by atoms with van der Waals surface area (Å²) >= 11 is 0. The number of aliphatic hydroxyl groups excluding tert-OH is 1. The Hall–Kier alpha value is -1.68. The van der Waals surface area contributed by atoms with Gasteiger partial charge in [-0.3, -0.25) is 9.59 Å². The van der Waals surface area contributed by atoms with Crippen LogP contribution in [0.1, 0.15) is 25.3 Å². The number of hydrogen-bond acceptors (Lipinski definition) is 3. The van der Waals surface area contributed by atoms with Crippen molar-refractivity contribution >= 4 is 11.7 Å². The van der Waals surface area contributed by atoms with Gasteiger partial charge in [0.05, 0.1) is 12.5 Å². The summed E-state index contributed by atoms with van der Waals surface area (Å²) in [6, 6.07) is 9.32. The molecule has 0 saturated carbocycles. The van der Waals surface area contributed by atoms with Crippen LogP contribution in [0.3, 0.4) is 0 Å². The molecule has 4 heteroatoms. The molecule has 1 atom stereocenters. The molecular formula is C14H19NO3. The first-order chi connectivity index (χ1) is 8.61. The van der Waals surface area contributed by atoms with Crippen molar-refractivity contribution in [1.82, 2.24) is 5.32 Å². The summed E-state index contributed by atoms with van der Waals surface area (Å²) < 4.78 is 0. The van der Waals surface area contributed by atoms with Crippen LogP contribution in [-0.4, -0.2) is 29.4 Å². The molecule has 4 nitrogen and oxygen atoms in total. The maximum atomic E-state index is 11.6. The Morgan fingerprint density at radius 1 is 1.28 bits per heavy atom. The maximum absolute atomic E-state index is 11.6. The number of ketones is 1. The molecule has 0 aliphatic heterocycles. The lowest BCUT2D eigenvalue weighted by atomic mass is 10.1. The number of hydrogen-bond donors (Lipinski definition) is 2. The third kappa shape index (κ3) is 5.59. The largest absolute Gasteiger partial charge is 0.391 e. The smallest absolute Gasteiger partial charge is 0.227 e. The van der Waals surface area contributed by atoms with Gasteiger partial charge in [-0.05, 0) is 12.0 Å². The Labute approximate surface area is 107 Å². The molecule has 1 aromatic rings. The minimum atomic E-state index is -0.543.